The Balaban J connectivity index is 1.54. The van der Waals surface area contributed by atoms with Gasteiger partial charge in [0.05, 0.1) is 13.2 Å². The van der Waals surface area contributed by atoms with Crippen molar-refractivity contribution in [3.8, 4) is 0 Å². The maximum Gasteiger partial charge on any atom is 0.226 e. The normalized spacial score (nSPS) is 27.9. The number of rotatable bonds is 8. The zero-order valence-electron chi connectivity index (χ0n) is 17.8. The minimum absolute atomic E-state index is 0.0121. The molecule has 1 saturated carbocycles. The molecule has 5 atom stereocenters. The van der Waals surface area contributed by atoms with Crippen LogP contribution in [0.25, 0.3) is 11.2 Å². The number of hydrogen-bond acceptors (Lipinski definition) is 11. The van der Waals surface area contributed by atoms with Gasteiger partial charge in [-0.25, -0.2) is 0 Å². The first-order chi connectivity index (χ1) is 15.2. The van der Waals surface area contributed by atoms with E-state index in [2.05, 4.69) is 25.6 Å². The van der Waals surface area contributed by atoms with Crippen LogP contribution in [0.3, 0.4) is 0 Å². The average Bonchev–Trinajstić information content (AvgIpc) is 3.44. The quantitative estimate of drug-likeness (QED) is 0.305. The van der Waals surface area contributed by atoms with E-state index in [1.165, 1.54) is 18.0 Å². The van der Waals surface area contributed by atoms with Crippen molar-refractivity contribution in [2.75, 3.05) is 31.9 Å². The van der Waals surface area contributed by atoms with Gasteiger partial charge in [0.15, 0.2) is 23.2 Å². The summed E-state index contributed by atoms with van der Waals surface area (Å²) in [5.41, 5.74) is 0.632. The number of hydrogen-bond donors (Lipinski definition) is 4. The van der Waals surface area contributed by atoms with Crippen LogP contribution in [-0.2, 0) is 14.0 Å². The molecule has 0 bridgehead atoms. The summed E-state index contributed by atoms with van der Waals surface area (Å²) in [5, 5.41) is 42.0. The molecule has 178 valence electrons. The zero-order valence-corrected chi connectivity index (χ0v) is 19.5. The zero-order chi connectivity index (χ0) is 23.0. The molecule has 0 radical (unpaired) electrons. The van der Waals surface area contributed by atoms with Gasteiger partial charge in [-0.3, -0.25) is 0 Å². The number of aliphatic hydroxyl groups excluding tert-OH is 3. The number of ether oxygens (including phenoxy) is 2. The Kier molecular flexibility index (Phi) is 7.02. The summed E-state index contributed by atoms with van der Waals surface area (Å²) in [4.78, 5) is 8.44. The summed E-state index contributed by atoms with van der Waals surface area (Å²) in [6.45, 7) is 2.39. The van der Waals surface area contributed by atoms with Crippen molar-refractivity contribution in [1.82, 2.24) is 25.0 Å². The Morgan fingerprint density at radius 3 is 2.66 bits per heavy atom. The fraction of sp³-hybridized carbons (Fsp3) is 0.778. The van der Waals surface area contributed by atoms with Crippen molar-refractivity contribution >= 4 is 35.7 Å². The first-order valence-corrected chi connectivity index (χ1v) is 13.6. The molecule has 2 aliphatic rings. The van der Waals surface area contributed by atoms with E-state index in [9.17, 15) is 19.9 Å². The molecule has 0 spiro atoms. The van der Waals surface area contributed by atoms with E-state index in [0.717, 1.165) is 25.7 Å². The minimum Gasteiger partial charge on any atom is -0.393 e. The molecule has 2 aromatic heterocycles. The highest BCUT2D eigenvalue weighted by Crippen LogP contribution is 2.43. The van der Waals surface area contributed by atoms with Crippen molar-refractivity contribution < 1.29 is 29.4 Å². The summed E-state index contributed by atoms with van der Waals surface area (Å²) in [6.07, 6.45) is -0.382. The maximum atomic E-state index is 12.2. The van der Waals surface area contributed by atoms with Gasteiger partial charge in [-0.1, -0.05) is 18.1 Å². The van der Waals surface area contributed by atoms with Crippen molar-refractivity contribution in [2.45, 2.75) is 62.1 Å². The van der Waals surface area contributed by atoms with Crippen LogP contribution in [0.1, 0.15) is 31.9 Å². The molecule has 0 amide bonds. The molecule has 14 heteroatoms. The molecular formula is C18H28ClN6O6P. The van der Waals surface area contributed by atoms with E-state index >= 15 is 0 Å². The van der Waals surface area contributed by atoms with Crippen LogP contribution < -0.4 is 5.32 Å². The predicted octanol–water partition coefficient (Wildman–Crippen LogP) is 0.806. The molecule has 1 aliphatic carbocycles. The predicted molar refractivity (Wildman–Crippen MR) is 116 cm³/mol. The van der Waals surface area contributed by atoms with Crippen LogP contribution in [0.2, 0.25) is 5.28 Å². The molecule has 3 heterocycles. The van der Waals surface area contributed by atoms with E-state index in [0.29, 0.717) is 11.3 Å². The van der Waals surface area contributed by atoms with Gasteiger partial charge in [0.25, 0.3) is 0 Å². The molecule has 4 rings (SSSR count). The molecule has 4 N–H and O–H groups in total. The van der Waals surface area contributed by atoms with E-state index < -0.39 is 44.1 Å². The van der Waals surface area contributed by atoms with Gasteiger partial charge >= 0.3 is 0 Å². The van der Waals surface area contributed by atoms with Crippen LogP contribution in [-0.4, -0.2) is 97.0 Å². The standard InChI is InChI=1S/C18H28ClN6O6P/c1-32(2,29)11(7-26)30-8-10-13(27)14(28)17(31-10)25-16-12(23-24-25)15(21-18(19)22-16)20-9-5-3-4-6-9/h9-11,13-14,17,26-28H,3-8H2,1-2H3,(H,20,21,22)/t10-,11?,13-,14-,17-/m1/s1. The second kappa shape index (κ2) is 9.46. The number of nitrogens with zero attached hydrogens (tertiary/aromatic N) is 5. The summed E-state index contributed by atoms with van der Waals surface area (Å²) in [6, 6.07) is 0.263. The molecule has 1 aliphatic heterocycles. The first-order valence-electron chi connectivity index (χ1n) is 10.5. The Bertz CT molecular complexity index is 998. The summed E-state index contributed by atoms with van der Waals surface area (Å²) < 4.78 is 24.8. The number of halogens is 1. The van der Waals surface area contributed by atoms with E-state index in [4.69, 9.17) is 21.1 Å². The lowest BCUT2D eigenvalue weighted by atomic mass is 10.1. The third-order valence-corrected chi connectivity index (χ3v) is 7.74. The van der Waals surface area contributed by atoms with Gasteiger partial charge in [-0.05, 0) is 37.8 Å². The molecule has 2 fully saturated rings. The topological polar surface area (TPSA) is 165 Å². The summed E-state index contributed by atoms with van der Waals surface area (Å²) in [5.74, 6) is -0.434. The molecule has 2 aromatic rings. The van der Waals surface area contributed by atoms with Gasteiger partial charge in [0, 0.05) is 6.04 Å². The number of fused-ring (bicyclic) bond motifs is 1. The highest BCUT2D eigenvalue weighted by molar-refractivity contribution is 7.62. The highest BCUT2D eigenvalue weighted by Gasteiger charge is 2.46. The fourth-order valence-electron chi connectivity index (χ4n) is 4.04. The van der Waals surface area contributed by atoms with Gasteiger partial charge in [-0.2, -0.15) is 14.6 Å². The van der Waals surface area contributed by atoms with Gasteiger partial charge in [0.2, 0.25) is 5.28 Å². The Morgan fingerprint density at radius 2 is 2.00 bits per heavy atom. The Morgan fingerprint density at radius 1 is 1.28 bits per heavy atom. The van der Waals surface area contributed by atoms with Crippen LogP contribution >= 0.6 is 18.7 Å². The molecule has 1 saturated heterocycles. The SMILES string of the molecule is CP(C)(=O)C(CO)OC[C@H]1O[C@@H](n2nnc3c(NC4CCCC4)nc(Cl)nc32)[C@H](O)[C@@H]1O. The monoisotopic (exact) mass is 490 g/mol. The lowest BCUT2D eigenvalue weighted by Crippen LogP contribution is -2.35. The van der Waals surface area contributed by atoms with Crippen LogP contribution in [0.15, 0.2) is 0 Å². The Hall–Kier alpha value is -1.40. The average molecular weight is 491 g/mol. The van der Waals surface area contributed by atoms with Crippen LogP contribution in [0, 0.1) is 0 Å². The summed E-state index contributed by atoms with van der Waals surface area (Å²) in [7, 11) is -2.73. The van der Waals surface area contributed by atoms with Crippen molar-refractivity contribution in [2.24, 2.45) is 0 Å². The fourth-order valence-corrected chi connectivity index (χ4v) is 5.05. The second-order valence-electron chi connectivity index (χ2n) is 8.62. The number of aliphatic hydroxyl groups is 3. The minimum atomic E-state index is -2.73. The van der Waals surface area contributed by atoms with Crippen LogP contribution in [0.5, 0.6) is 0 Å². The first kappa shape index (κ1) is 23.7. The van der Waals surface area contributed by atoms with Crippen molar-refractivity contribution in [3.63, 3.8) is 0 Å². The van der Waals surface area contributed by atoms with E-state index in [1.54, 1.807) is 0 Å². The van der Waals surface area contributed by atoms with Crippen molar-refractivity contribution in [3.05, 3.63) is 5.28 Å². The van der Waals surface area contributed by atoms with Crippen molar-refractivity contribution in [1.29, 1.82) is 0 Å². The van der Waals surface area contributed by atoms with Gasteiger partial charge in [-0.15, -0.1) is 5.10 Å². The highest BCUT2D eigenvalue weighted by atomic mass is 35.5. The summed E-state index contributed by atoms with van der Waals surface area (Å²) >= 11 is 6.13. The molecule has 1 unspecified atom stereocenters. The lowest BCUT2D eigenvalue weighted by molar-refractivity contribution is -0.0788. The number of anilines is 1. The third-order valence-electron chi connectivity index (χ3n) is 5.87. The second-order valence-corrected chi connectivity index (χ2v) is 12.4. The molecular weight excluding hydrogens is 463 g/mol. The number of nitrogens with one attached hydrogen (secondary N) is 1. The molecule has 0 aromatic carbocycles. The number of aromatic nitrogens is 5. The van der Waals surface area contributed by atoms with E-state index in [-0.39, 0.29) is 23.6 Å². The largest absolute Gasteiger partial charge is 0.393 e. The van der Waals surface area contributed by atoms with Gasteiger partial charge < -0.3 is 34.7 Å². The molecule has 32 heavy (non-hydrogen) atoms. The lowest BCUT2D eigenvalue weighted by Gasteiger charge is -2.22. The molecule has 12 nitrogen and oxygen atoms in total. The maximum absolute atomic E-state index is 12.2. The Labute approximate surface area is 189 Å². The van der Waals surface area contributed by atoms with Crippen LogP contribution in [0.4, 0.5) is 5.82 Å². The van der Waals surface area contributed by atoms with E-state index in [1.807, 2.05) is 0 Å². The third kappa shape index (κ3) is 4.77. The smallest absolute Gasteiger partial charge is 0.226 e. The van der Waals surface area contributed by atoms with Gasteiger partial charge in [0.1, 0.15) is 31.3 Å².